The lowest BCUT2D eigenvalue weighted by atomic mass is 10.1. The first-order chi connectivity index (χ1) is 18.6. The van der Waals surface area contributed by atoms with Crippen molar-refractivity contribution < 1.29 is 22.7 Å². The van der Waals surface area contributed by atoms with Crippen molar-refractivity contribution in [2.75, 3.05) is 18.0 Å². The Morgan fingerprint density at radius 3 is 2.31 bits per heavy atom. The summed E-state index contributed by atoms with van der Waals surface area (Å²) in [5, 5.41) is 2.93. The highest BCUT2D eigenvalue weighted by Gasteiger charge is 2.32. The Morgan fingerprint density at radius 1 is 0.974 bits per heavy atom. The van der Waals surface area contributed by atoms with Gasteiger partial charge in [0.25, 0.3) is 10.0 Å². The Balaban J connectivity index is 2.02. The highest BCUT2D eigenvalue weighted by Crippen LogP contribution is 2.27. The number of nitrogens with zero attached hydrogens (tertiary/aromatic N) is 2. The van der Waals surface area contributed by atoms with Crippen molar-refractivity contribution in [2.45, 2.75) is 50.7 Å². The Hall–Kier alpha value is -3.37. The summed E-state index contributed by atoms with van der Waals surface area (Å²) in [5.41, 5.74) is 1.06. The van der Waals surface area contributed by atoms with Gasteiger partial charge in [-0.3, -0.25) is 13.9 Å². The van der Waals surface area contributed by atoms with E-state index in [2.05, 4.69) is 21.2 Å². The molecule has 10 heteroatoms. The average molecular weight is 617 g/mol. The molecule has 1 N–H and O–H groups in total. The summed E-state index contributed by atoms with van der Waals surface area (Å²) in [5.74, 6) is -0.233. The smallest absolute Gasteiger partial charge is 0.264 e. The number of benzene rings is 3. The second-order valence-electron chi connectivity index (χ2n) is 9.17. The fraction of sp³-hybridized carbons (Fsp3) is 0.310. The van der Waals surface area contributed by atoms with Crippen LogP contribution < -0.4 is 14.4 Å². The molecular formula is C29H34BrN3O5S. The van der Waals surface area contributed by atoms with Crippen molar-refractivity contribution in [3.63, 3.8) is 0 Å². The van der Waals surface area contributed by atoms with Crippen molar-refractivity contribution in [3.8, 4) is 5.75 Å². The Bertz CT molecular complexity index is 1380. The molecule has 0 spiro atoms. The van der Waals surface area contributed by atoms with Gasteiger partial charge in [-0.05, 0) is 68.3 Å². The maximum Gasteiger partial charge on any atom is 0.264 e. The van der Waals surface area contributed by atoms with E-state index in [0.29, 0.717) is 15.9 Å². The highest BCUT2D eigenvalue weighted by atomic mass is 79.9. The number of amides is 2. The number of carbonyl (C=O) groups is 2. The first kappa shape index (κ1) is 30.2. The third-order valence-electron chi connectivity index (χ3n) is 6.36. The van der Waals surface area contributed by atoms with E-state index in [9.17, 15) is 18.0 Å². The van der Waals surface area contributed by atoms with E-state index >= 15 is 0 Å². The van der Waals surface area contributed by atoms with Gasteiger partial charge in [-0.25, -0.2) is 8.42 Å². The highest BCUT2D eigenvalue weighted by molar-refractivity contribution is 9.10. The number of hydrogen-bond acceptors (Lipinski definition) is 5. The van der Waals surface area contributed by atoms with Crippen LogP contribution in [-0.4, -0.2) is 50.9 Å². The number of anilines is 1. The molecule has 3 aromatic carbocycles. The number of rotatable bonds is 12. The lowest BCUT2D eigenvalue weighted by Crippen LogP contribution is -2.52. The number of nitrogens with one attached hydrogen (secondary N) is 1. The van der Waals surface area contributed by atoms with Crippen LogP contribution in [-0.2, 0) is 26.2 Å². The molecule has 0 unspecified atom stereocenters. The normalized spacial score (nSPS) is 12.7. The molecule has 0 radical (unpaired) electrons. The minimum atomic E-state index is -4.11. The van der Waals surface area contributed by atoms with Crippen LogP contribution in [0, 0.1) is 0 Å². The summed E-state index contributed by atoms with van der Waals surface area (Å²) in [6.45, 7) is 5.08. The van der Waals surface area contributed by atoms with Crippen LogP contribution in [0.3, 0.4) is 0 Å². The maximum absolute atomic E-state index is 13.9. The van der Waals surface area contributed by atoms with Gasteiger partial charge in [0.1, 0.15) is 18.3 Å². The Morgan fingerprint density at radius 2 is 1.67 bits per heavy atom. The van der Waals surface area contributed by atoms with E-state index in [-0.39, 0.29) is 23.4 Å². The first-order valence-corrected chi connectivity index (χ1v) is 14.9. The van der Waals surface area contributed by atoms with Gasteiger partial charge < -0.3 is 15.0 Å². The van der Waals surface area contributed by atoms with Crippen LogP contribution in [0.25, 0.3) is 0 Å². The summed E-state index contributed by atoms with van der Waals surface area (Å²) in [6.07, 6.45) is 0.730. The van der Waals surface area contributed by atoms with Gasteiger partial charge >= 0.3 is 0 Å². The minimum absolute atomic E-state index is 0.0553. The summed E-state index contributed by atoms with van der Waals surface area (Å²) in [6, 6.07) is 21.0. The van der Waals surface area contributed by atoms with Gasteiger partial charge in [-0.15, -0.1) is 0 Å². The number of methoxy groups -OCH3 is 1. The van der Waals surface area contributed by atoms with Crippen molar-refractivity contribution in [2.24, 2.45) is 0 Å². The standard InChI is InChI=1S/C29H34BrN3O5S/c1-5-21(2)31-29(35)22(3)32(19-23-11-9-14-26(17-23)38-4)28(34)20-33(25-13-10-12-24(30)18-25)39(36,37)27-15-7-6-8-16-27/h6-18,21-22H,5,19-20H2,1-4H3,(H,31,35)/t21-,22+/m1/s1. The van der Waals surface area contributed by atoms with Gasteiger partial charge in [0.15, 0.2) is 0 Å². The number of sulfonamides is 1. The van der Waals surface area contributed by atoms with Crippen molar-refractivity contribution in [3.05, 3.63) is 88.9 Å². The number of halogens is 1. The predicted octanol–water partition coefficient (Wildman–Crippen LogP) is 4.99. The lowest BCUT2D eigenvalue weighted by Gasteiger charge is -2.32. The minimum Gasteiger partial charge on any atom is -0.497 e. The van der Waals surface area contributed by atoms with E-state index in [0.717, 1.165) is 16.3 Å². The molecule has 208 valence electrons. The summed E-state index contributed by atoms with van der Waals surface area (Å²) in [4.78, 5) is 28.5. The lowest BCUT2D eigenvalue weighted by molar-refractivity contribution is -0.139. The van der Waals surface area contributed by atoms with Crippen molar-refractivity contribution >= 4 is 43.5 Å². The molecule has 2 amide bonds. The van der Waals surface area contributed by atoms with Gasteiger partial charge in [0, 0.05) is 17.1 Å². The van der Waals surface area contributed by atoms with Crippen molar-refractivity contribution in [1.29, 1.82) is 0 Å². The molecule has 0 aromatic heterocycles. The molecule has 8 nitrogen and oxygen atoms in total. The Kier molecular flexibility index (Phi) is 10.5. The molecule has 0 heterocycles. The second-order valence-corrected chi connectivity index (χ2v) is 11.9. The zero-order valence-electron chi connectivity index (χ0n) is 22.5. The van der Waals surface area contributed by atoms with Crippen LogP contribution in [0.5, 0.6) is 5.75 Å². The quantitative estimate of drug-likeness (QED) is 0.310. The average Bonchev–Trinajstić information content (AvgIpc) is 2.94. The van der Waals surface area contributed by atoms with Gasteiger partial charge in [0.2, 0.25) is 11.8 Å². The zero-order chi connectivity index (χ0) is 28.6. The van der Waals surface area contributed by atoms with Gasteiger partial charge in [0.05, 0.1) is 17.7 Å². The number of carbonyl (C=O) groups excluding carboxylic acids is 2. The van der Waals surface area contributed by atoms with Crippen LogP contribution >= 0.6 is 15.9 Å². The molecule has 39 heavy (non-hydrogen) atoms. The van der Waals surface area contributed by atoms with Gasteiger partial charge in [-0.1, -0.05) is 59.3 Å². The SMILES string of the molecule is CC[C@@H](C)NC(=O)[C@H](C)N(Cc1cccc(OC)c1)C(=O)CN(c1cccc(Br)c1)S(=O)(=O)c1ccccc1. The third-order valence-corrected chi connectivity index (χ3v) is 8.64. The van der Waals surface area contributed by atoms with Crippen LogP contribution in [0.2, 0.25) is 0 Å². The first-order valence-electron chi connectivity index (χ1n) is 12.6. The van der Waals surface area contributed by atoms with E-state index < -0.39 is 28.5 Å². The molecule has 0 bridgehead atoms. The fourth-order valence-corrected chi connectivity index (χ4v) is 5.71. The van der Waals surface area contributed by atoms with E-state index in [1.165, 1.54) is 17.0 Å². The zero-order valence-corrected chi connectivity index (χ0v) is 24.9. The number of ether oxygens (including phenoxy) is 1. The summed E-state index contributed by atoms with van der Waals surface area (Å²) in [7, 11) is -2.56. The molecular weight excluding hydrogens is 582 g/mol. The van der Waals surface area contributed by atoms with Crippen LogP contribution in [0.15, 0.2) is 88.2 Å². The maximum atomic E-state index is 13.9. The fourth-order valence-electron chi connectivity index (χ4n) is 3.90. The molecule has 0 saturated heterocycles. The Labute approximate surface area is 239 Å². The van der Waals surface area contributed by atoms with Crippen LogP contribution in [0.4, 0.5) is 5.69 Å². The molecule has 3 aromatic rings. The predicted molar refractivity (Wildman–Crippen MR) is 156 cm³/mol. The van der Waals surface area contributed by atoms with E-state index in [1.54, 1.807) is 74.7 Å². The molecule has 2 atom stereocenters. The summed E-state index contributed by atoms with van der Waals surface area (Å²) < 4.78 is 34.6. The number of hydrogen-bond donors (Lipinski definition) is 1. The molecule has 0 aliphatic rings. The topological polar surface area (TPSA) is 96.0 Å². The van der Waals surface area contributed by atoms with Crippen LogP contribution in [0.1, 0.15) is 32.8 Å². The molecule has 3 rings (SSSR count). The van der Waals surface area contributed by atoms with Crippen molar-refractivity contribution in [1.82, 2.24) is 10.2 Å². The van der Waals surface area contributed by atoms with Gasteiger partial charge in [-0.2, -0.15) is 0 Å². The second kappa shape index (κ2) is 13.6. The monoisotopic (exact) mass is 615 g/mol. The largest absolute Gasteiger partial charge is 0.497 e. The molecule has 0 aliphatic carbocycles. The summed E-state index contributed by atoms with van der Waals surface area (Å²) >= 11 is 3.40. The third kappa shape index (κ3) is 7.83. The molecule has 0 saturated carbocycles. The molecule has 0 aliphatic heterocycles. The van der Waals surface area contributed by atoms with E-state index in [4.69, 9.17) is 4.74 Å². The molecule has 0 fully saturated rings. The van der Waals surface area contributed by atoms with E-state index in [1.807, 2.05) is 19.9 Å².